The highest BCUT2D eigenvalue weighted by atomic mass is 32.1. The first-order valence-corrected chi connectivity index (χ1v) is 13.2. The van der Waals surface area contributed by atoms with Gasteiger partial charge in [-0.05, 0) is 65.4 Å². The number of hydrazine groups is 1. The summed E-state index contributed by atoms with van der Waals surface area (Å²) in [5.41, 5.74) is 13.8. The Labute approximate surface area is 214 Å². The lowest BCUT2D eigenvalue weighted by Crippen LogP contribution is -2.29. The largest absolute Gasteiger partial charge is 0.381 e. The van der Waals surface area contributed by atoms with E-state index in [2.05, 4.69) is 113 Å². The van der Waals surface area contributed by atoms with Crippen molar-refractivity contribution in [1.29, 1.82) is 0 Å². The molecule has 6 heteroatoms. The summed E-state index contributed by atoms with van der Waals surface area (Å²) in [7, 11) is 0. The summed E-state index contributed by atoms with van der Waals surface area (Å²) in [6.07, 6.45) is 8.30. The van der Waals surface area contributed by atoms with Crippen molar-refractivity contribution >= 4 is 38.6 Å². The molecule has 5 nitrogen and oxygen atoms in total. The number of allylic oxidation sites excluding steroid dienone is 2. The van der Waals surface area contributed by atoms with Gasteiger partial charge in [-0.2, -0.15) is 0 Å². The van der Waals surface area contributed by atoms with Gasteiger partial charge in [-0.25, -0.2) is 5.43 Å². The molecule has 0 radical (unpaired) electrons. The van der Waals surface area contributed by atoms with Crippen LogP contribution in [0.25, 0.3) is 20.5 Å². The smallest absolute Gasteiger partial charge is 0.128 e. The van der Waals surface area contributed by atoms with Crippen LogP contribution in [-0.4, -0.2) is 17.3 Å². The Kier molecular flexibility index (Phi) is 4.98. The Morgan fingerprint density at radius 2 is 1.94 bits per heavy atom. The van der Waals surface area contributed by atoms with E-state index in [-0.39, 0.29) is 5.54 Å². The molecule has 3 aromatic carbocycles. The summed E-state index contributed by atoms with van der Waals surface area (Å²) < 4.78 is 1.31. The number of nitrogens with zero attached hydrogens (tertiary/aromatic N) is 2. The monoisotopic (exact) mass is 489 g/mol. The summed E-state index contributed by atoms with van der Waals surface area (Å²) in [6.45, 7) is 4.68. The van der Waals surface area contributed by atoms with Crippen LogP contribution in [0, 0.1) is 0 Å². The number of hydrogen-bond acceptors (Lipinski definition) is 6. The molecule has 3 aliphatic heterocycles. The van der Waals surface area contributed by atoms with Gasteiger partial charge in [0.2, 0.25) is 0 Å². The third kappa shape index (κ3) is 3.70. The molecule has 0 spiro atoms. The van der Waals surface area contributed by atoms with E-state index in [9.17, 15) is 0 Å². The highest BCUT2D eigenvalue weighted by Gasteiger charge is 2.35. The minimum atomic E-state index is -0.223. The zero-order valence-corrected chi connectivity index (χ0v) is 20.9. The molecule has 0 saturated heterocycles. The highest BCUT2D eigenvalue weighted by molar-refractivity contribution is 7.22. The van der Waals surface area contributed by atoms with Gasteiger partial charge in [-0.1, -0.05) is 48.5 Å². The van der Waals surface area contributed by atoms with Crippen LogP contribution in [0.15, 0.2) is 96.2 Å². The van der Waals surface area contributed by atoms with Gasteiger partial charge in [0.05, 0.1) is 12.2 Å². The van der Waals surface area contributed by atoms with Crippen LogP contribution in [0.5, 0.6) is 0 Å². The minimum absolute atomic E-state index is 0.223. The van der Waals surface area contributed by atoms with Crippen molar-refractivity contribution in [2.75, 3.05) is 17.3 Å². The summed E-state index contributed by atoms with van der Waals surface area (Å²) >= 11 is 1.84. The van der Waals surface area contributed by atoms with Gasteiger partial charge in [0.1, 0.15) is 11.4 Å². The van der Waals surface area contributed by atoms with E-state index >= 15 is 0 Å². The van der Waals surface area contributed by atoms with Crippen molar-refractivity contribution in [3.05, 3.63) is 108 Å². The van der Waals surface area contributed by atoms with Gasteiger partial charge in [0.25, 0.3) is 0 Å². The Bertz CT molecular complexity index is 1530. The van der Waals surface area contributed by atoms with Crippen molar-refractivity contribution in [3.8, 4) is 10.4 Å². The quantitative estimate of drug-likeness (QED) is 0.295. The fourth-order valence-electron chi connectivity index (χ4n) is 5.29. The Hall–Kier alpha value is -3.87. The first-order chi connectivity index (χ1) is 17.6. The topological polar surface area (TPSA) is 51.7 Å². The molecule has 3 aliphatic rings. The van der Waals surface area contributed by atoms with E-state index in [0.29, 0.717) is 0 Å². The zero-order valence-electron chi connectivity index (χ0n) is 20.1. The van der Waals surface area contributed by atoms with Crippen LogP contribution in [0.4, 0.5) is 11.4 Å². The molecule has 3 N–H and O–H groups in total. The fraction of sp³-hybridized carbons (Fsp3) is 0.167. The van der Waals surface area contributed by atoms with Crippen LogP contribution >= 0.6 is 11.3 Å². The molecular formula is C30H27N5S. The molecule has 1 atom stereocenters. The molecular weight excluding hydrogens is 462 g/mol. The van der Waals surface area contributed by atoms with Crippen LogP contribution in [0.2, 0.25) is 0 Å². The van der Waals surface area contributed by atoms with E-state index in [1.807, 2.05) is 17.4 Å². The Morgan fingerprint density at radius 1 is 1.06 bits per heavy atom. The number of nitrogens with one attached hydrogen (secondary N) is 3. The molecule has 36 heavy (non-hydrogen) atoms. The minimum Gasteiger partial charge on any atom is -0.381 e. The third-order valence-corrected chi connectivity index (χ3v) is 8.38. The lowest BCUT2D eigenvalue weighted by molar-refractivity contribution is 0.433. The van der Waals surface area contributed by atoms with Gasteiger partial charge in [-0.15, -0.1) is 11.3 Å². The molecule has 0 amide bonds. The van der Waals surface area contributed by atoms with E-state index < -0.39 is 0 Å². The maximum atomic E-state index is 5.00. The maximum absolute atomic E-state index is 5.00. The number of fused-ring (bicyclic) bond motifs is 3. The van der Waals surface area contributed by atoms with Crippen LogP contribution < -0.4 is 16.2 Å². The van der Waals surface area contributed by atoms with Crippen LogP contribution in [0.1, 0.15) is 23.6 Å². The predicted octanol–water partition coefficient (Wildman–Crippen LogP) is 6.62. The third-order valence-electron chi connectivity index (χ3n) is 7.23. The number of anilines is 2. The number of thiophene rings is 1. The molecule has 0 saturated carbocycles. The molecule has 0 aliphatic carbocycles. The van der Waals surface area contributed by atoms with Gasteiger partial charge in [0.15, 0.2) is 0 Å². The first-order valence-electron chi connectivity index (χ1n) is 12.3. The second-order valence-corrected chi connectivity index (χ2v) is 10.9. The second kappa shape index (κ2) is 8.36. The van der Waals surface area contributed by atoms with E-state index in [1.165, 1.54) is 42.9 Å². The molecule has 4 aromatic rings. The SMILES string of the molecule is CC1(c2ccc(CNc3cc4c(c(-c5cc6ccccc6s5)c3)NNC4)cc2)CN2C=CC=CC2=N1. The summed E-state index contributed by atoms with van der Waals surface area (Å²) in [4.78, 5) is 8.51. The molecule has 0 bridgehead atoms. The molecule has 1 aromatic heterocycles. The number of rotatable bonds is 5. The van der Waals surface area contributed by atoms with Gasteiger partial charge in [-0.3, -0.25) is 4.99 Å². The van der Waals surface area contributed by atoms with E-state index in [1.54, 1.807) is 0 Å². The van der Waals surface area contributed by atoms with Gasteiger partial charge < -0.3 is 15.6 Å². The number of benzene rings is 3. The Balaban J connectivity index is 1.12. The van der Waals surface area contributed by atoms with Crippen molar-refractivity contribution in [3.63, 3.8) is 0 Å². The Morgan fingerprint density at radius 3 is 2.81 bits per heavy atom. The molecule has 1 unspecified atom stereocenters. The lowest BCUT2D eigenvalue weighted by atomic mass is 9.92. The highest BCUT2D eigenvalue weighted by Crippen LogP contribution is 2.41. The molecule has 4 heterocycles. The number of aliphatic imine (C=N–C) groups is 1. The zero-order chi connectivity index (χ0) is 24.1. The van der Waals surface area contributed by atoms with Crippen LogP contribution in [0.3, 0.4) is 0 Å². The first kappa shape index (κ1) is 21.4. The lowest BCUT2D eigenvalue weighted by Gasteiger charge is -2.23. The molecule has 178 valence electrons. The number of amidine groups is 1. The van der Waals surface area contributed by atoms with Crippen molar-refractivity contribution in [1.82, 2.24) is 10.3 Å². The van der Waals surface area contributed by atoms with Gasteiger partial charge >= 0.3 is 0 Å². The van der Waals surface area contributed by atoms with Crippen molar-refractivity contribution in [2.24, 2.45) is 4.99 Å². The standard InChI is InChI=1S/C30H27N5S/c1-30(19-35-13-5-4-8-28(35)33-30)23-11-9-20(10-12-23)17-31-24-14-22-18-32-34-29(22)25(16-24)27-15-21-6-2-3-7-26(21)36-27/h2-16,31-32,34H,17-19H2,1H3. The average Bonchev–Trinajstić information content (AvgIpc) is 3.63. The fourth-order valence-corrected chi connectivity index (χ4v) is 6.38. The normalized spacial score (nSPS) is 19.8. The predicted molar refractivity (Wildman–Crippen MR) is 151 cm³/mol. The van der Waals surface area contributed by atoms with Crippen molar-refractivity contribution < 1.29 is 0 Å². The van der Waals surface area contributed by atoms with Crippen LogP contribution in [-0.2, 0) is 18.6 Å². The maximum Gasteiger partial charge on any atom is 0.128 e. The second-order valence-electron chi connectivity index (χ2n) is 9.81. The summed E-state index contributed by atoms with van der Waals surface area (Å²) in [5.74, 6) is 1.04. The van der Waals surface area contributed by atoms with E-state index in [4.69, 9.17) is 4.99 Å². The van der Waals surface area contributed by atoms with Gasteiger partial charge in [0, 0.05) is 40.1 Å². The van der Waals surface area contributed by atoms with Crippen molar-refractivity contribution in [2.45, 2.75) is 25.6 Å². The molecule has 0 fully saturated rings. The molecule has 7 rings (SSSR count). The summed E-state index contributed by atoms with van der Waals surface area (Å²) in [5, 5.41) is 4.96. The average molecular weight is 490 g/mol. The van der Waals surface area contributed by atoms with E-state index in [0.717, 1.165) is 31.2 Å². The number of hydrogen-bond donors (Lipinski definition) is 3. The summed E-state index contributed by atoms with van der Waals surface area (Å²) in [6, 6.07) is 24.3.